The van der Waals surface area contributed by atoms with E-state index < -0.39 is 16.1 Å². The van der Waals surface area contributed by atoms with Gasteiger partial charge in [0.15, 0.2) is 0 Å². The van der Waals surface area contributed by atoms with Crippen molar-refractivity contribution in [2.75, 3.05) is 6.61 Å². The Morgan fingerprint density at radius 1 is 1.00 bits per heavy atom. The first-order valence-corrected chi connectivity index (χ1v) is 11.7. The normalized spacial score (nSPS) is 15.5. The lowest BCUT2D eigenvalue weighted by Gasteiger charge is -2.18. The summed E-state index contributed by atoms with van der Waals surface area (Å²) in [6.45, 7) is 4.05. The fourth-order valence-electron chi connectivity index (χ4n) is 3.34. The molecule has 2 aromatic rings. The van der Waals surface area contributed by atoms with Gasteiger partial charge in [0.05, 0.1) is 17.5 Å². The van der Waals surface area contributed by atoms with E-state index in [4.69, 9.17) is 9.47 Å². The summed E-state index contributed by atoms with van der Waals surface area (Å²) in [7, 11) is -3.82. The number of rotatable bonds is 9. The summed E-state index contributed by atoms with van der Waals surface area (Å²) in [4.78, 5) is 12.3. The Morgan fingerprint density at radius 2 is 1.53 bits per heavy atom. The molecule has 1 aliphatic rings. The molecular weight excluding hydrogens is 404 g/mol. The molecular formula is C22H28N2O5S. The highest BCUT2D eigenvalue weighted by Gasteiger charge is 2.25. The van der Waals surface area contributed by atoms with E-state index in [1.807, 2.05) is 6.92 Å². The number of sulfonamides is 1. The van der Waals surface area contributed by atoms with Crippen molar-refractivity contribution in [3.05, 3.63) is 48.5 Å². The van der Waals surface area contributed by atoms with Crippen LogP contribution in [0.25, 0.3) is 0 Å². The Kier molecular flexibility index (Phi) is 7.33. The molecule has 3 rings (SSSR count). The molecule has 1 atom stereocenters. The number of hydrogen-bond donors (Lipinski definition) is 2. The van der Waals surface area contributed by atoms with Crippen molar-refractivity contribution in [3.8, 4) is 17.2 Å². The van der Waals surface area contributed by atoms with Crippen LogP contribution in [0.4, 0.5) is 0 Å². The van der Waals surface area contributed by atoms with Gasteiger partial charge in [0.25, 0.3) is 0 Å². The van der Waals surface area contributed by atoms with Crippen LogP contribution in [-0.2, 0) is 14.8 Å². The van der Waals surface area contributed by atoms with Crippen LogP contribution < -0.4 is 19.5 Å². The van der Waals surface area contributed by atoms with Crippen LogP contribution >= 0.6 is 0 Å². The van der Waals surface area contributed by atoms with E-state index >= 15 is 0 Å². The highest BCUT2D eigenvalue weighted by atomic mass is 32.2. The predicted octanol–water partition coefficient (Wildman–Crippen LogP) is 3.60. The zero-order valence-corrected chi connectivity index (χ0v) is 18.1. The van der Waals surface area contributed by atoms with Crippen LogP contribution in [0.15, 0.2) is 53.4 Å². The zero-order valence-electron chi connectivity index (χ0n) is 17.3. The second-order valence-electron chi connectivity index (χ2n) is 7.31. The molecule has 0 aromatic heterocycles. The first kappa shape index (κ1) is 22.1. The van der Waals surface area contributed by atoms with Gasteiger partial charge in [-0.3, -0.25) is 4.79 Å². The van der Waals surface area contributed by atoms with Crippen molar-refractivity contribution in [3.63, 3.8) is 0 Å². The minimum atomic E-state index is -3.82. The summed E-state index contributed by atoms with van der Waals surface area (Å²) in [6.07, 6.45) is 4.08. The number of carbonyl (C=O) groups is 1. The van der Waals surface area contributed by atoms with E-state index in [0.717, 1.165) is 31.4 Å². The first-order valence-electron chi connectivity index (χ1n) is 10.2. The summed E-state index contributed by atoms with van der Waals surface area (Å²) in [6, 6.07) is 12.5. The van der Waals surface area contributed by atoms with Crippen LogP contribution in [0.3, 0.4) is 0 Å². The number of nitrogens with one attached hydrogen (secondary N) is 2. The molecule has 1 saturated carbocycles. The smallest absolute Gasteiger partial charge is 0.241 e. The van der Waals surface area contributed by atoms with Gasteiger partial charge in [-0.1, -0.05) is 12.8 Å². The fourth-order valence-corrected chi connectivity index (χ4v) is 4.55. The number of carbonyl (C=O) groups excluding carboxylic acids is 1. The summed E-state index contributed by atoms with van der Waals surface area (Å²) in [5, 5.41) is 2.91. The van der Waals surface area contributed by atoms with Gasteiger partial charge in [-0.15, -0.1) is 0 Å². The van der Waals surface area contributed by atoms with Gasteiger partial charge in [-0.25, -0.2) is 8.42 Å². The zero-order chi connectivity index (χ0) is 21.6. The first-order chi connectivity index (χ1) is 14.4. The molecule has 30 heavy (non-hydrogen) atoms. The molecule has 2 aromatic carbocycles. The van der Waals surface area contributed by atoms with Crippen molar-refractivity contribution in [2.45, 2.75) is 56.5 Å². The quantitative estimate of drug-likeness (QED) is 0.631. The van der Waals surface area contributed by atoms with Crippen molar-refractivity contribution < 1.29 is 22.7 Å². The predicted molar refractivity (Wildman–Crippen MR) is 114 cm³/mol. The standard InChI is InChI=1S/C22H28N2O5S/c1-3-28-18-8-10-19(11-9-18)29-20-12-14-21(15-13-20)30(26,27)24-16(2)22(25)23-17-6-4-5-7-17/h8-17,24H,3-7H2,1-2H3,(H,23,25). The molecule has 2 N–H and O–H groups in total. The van der Waals surface area contributed by atoms with E-state index in [1.54, 1.807) is 43.3 Å². The largest absolute Gasteiger partial charge is 0.494 e. The molecule has 0 spiro atoms. The Labute approximate surface area is 177 Å². The Bertz CT molecular complexity index is 936. The Morgan fingerprint density at radius 3 is 2.10 bits per heavy atom. The molecule has 0 heterocycles. The van der Waals surface area contributed by atoms with Crippen LogP contribution in [0.2, 0.25) is 0 Å². The number of hydrogen-bond acceptors (Lipinski definition) is 5. The minimum Gasteiger partial charge on any atom is -0.494 e. The third-order valence-corrected chi connectivity index (χ3v) is 6.49. The van der Waals surface area contributed by atoms with Crippen LogP contribution in [-0.4, -0.2) is 33.0 Å². The van der Waals surface area contributed by atoms with Gasteiger partial charge in [-0.05, 0) is 75.2 Å². The maximum atomic E-state index is 12.6. The van der Waals surface area contributed by atoms with E-state index in [0.29, 0.717) is 18.1 Å². The monoisotopic (exact) mass is 432 g/mol. The molecule has 1 unspecified atom stereocenters. The molecule has 0 bridgehead atoms. The molecule has 0 aliphatic heterocycles. The number of amides is 1. The summed E-state index contributed by atoms with van der Waals surface area (Å²) < 4.78 is 38.8. The topological polar surface area (TPSA) is 93.7 Å². The van der Waals surface area contributed by atoms with E-state index in [1.165, 1.54) is 12.1 Å². The molecule has 0 radical (unpaired) electrons. The summed E-state index contributed by atoms with van der Waals surface area (Å²) in [5.74, 6) is 1.57. The van der Waals surface area contributed by atoms with Crippen molar-refractivity contribution in [2.24, 2.45) is 0 Å². The van der Waals surface area contributed by atoms with Crippen molar-refractivity contribution >= 4 is 15.9 Å². The highest BCUT2D eigenvalue weighted by Crippen LogP contribution is 2.25. The molecule has 7 nitrogen and oxygen atoms in total. The van der Waals surface area contributed by atoms with E-state index in [-0.39, 0.29) is 16.8 Å². The molecule has 162 valence electrons. The second-order valence-corrected chi connectivity index (χ2v) is 9.02. The van der Waals surface area contributed by atoms with Gasteiger partial charge < -0.3 is 14.8 Å². The average molecular weight is 433 g/mol. The second kappa shape index (κ2) is 9.95. The third-order valence-electron chi connectivity index (χ3n) is 4.93. The minimum absolute atomic E-state index is 0.0714. The van der Waals surface area contributed by atoms with E-state index in [9.17, 15) is 13.2 Å². The maximum Gasteiger partial charge on any atom is 0.241 e. The highest BCUT2D eigenvalue weighted by molar-refractivity contribution is 7.89. The van der Waals surface area contributed by atoms with Gasteiger partial charge in [0.2, 0.25) is 15.9 Å². The van der Waals surface area contributed by atoms with Gasteiger partial charge in [0, 0.05) is 6.04 Å². The van der Waals surface area contributed by atoms with Crippen molar-refractivity contribution in [1.29, 1.82) is 0 Å². The van der Waals surface area contributed by atoms with Gasteiger partial charge in [-0.2, -0.15) is 4.72 Å². The summed E-state index contributed by atoms with van der Waals surface area (Å²) in [5.41, 5.74) is 0. The average Bonchev–Trinajstić information content (AvgIpc) is 3.23. The van der Waals surface area contributed by atoms with Crippen LogP contribution in [0, 0.1) is 0 Å². The molecule has 1 fully saturated rings. The molecule has 1 aliphatic carbocycles. The lowest BCUT2D eigenvalue weighted by molar-refractivity contribution is -0.123. The fraction of sp³-hybridized carbons (Fsp3) is 0.409. The Hall–Kier alpha value is -2.58. The van der Waals surface area contributed by atoms with E-state index in [2.05, 4.69) is 10.0 Å². The molecule has 8 heteroatoms. The molecule has 0 saturated heterocycles. The number of benzene rings is 2. The maximum absolute atomic E-state index is 12.6. The SMILES string of the molecule is CCOc1ccc(Oc2ccc(S(=O)(=O)NC(C)C(=O)NC3CCCC3)cc2)cc1. The van der Waals surface area contributed by atoms with Crippen molar-refractivity contribution in [1.82, 2.24) is 10.0 Å². The van der Waals surface area contributed by atoms with Crippen LogP contribution in [0.5, 0.6) is 17.2 Å². The number of ether oxygens (including phenoxy) is 2. The lowest BCUT2D eigenvalue weighted by atomic mass is 10.2. The summed E-state index contributed by atoms with van der Waals surface area (Å²) >= 11 is 0. The Balaban J connectivity index is 1.58. The van der Waals surface area contributed by atoms with Gasteiger partial charge >= 0.3 is 0 Å². The lowest BCUT2D eigenvalue weighted by Crippen LogP contribution is -2.47. The molecule has 1 amide bonds. The van der Waals surface area contributed by atoms with Gasteiger partial charge in [0.1, 0.15) is 17.2 Å². The van der Waals surface area contributed by atoms with Crippen LogP contribution in [0.1, 0.15) is 39.5 Å². The third kappa shape index (κ3) is 5.96.